The van der Waals surface area contributed by atoms with E-state index in [0.717, 1.165) is 22.0 Å². The van der Waals surface area contributed by atoms with E-state index in [1.54, 1.807) is 0 Å². The second-order valence-electron chi connectivity index (χ2n) is 6.17. The number of hydrogen-bond acceptors (Lipinski definition) is 1. The Labute approximate surface area is 140 Å². The largest absolute Gasteiger partial charge is 0.377 e. The molecule has 1 heterocycles. The topological polar surface area (TPSA) is 12.0 Å². The first-order valence-corrected chi connectivity index (χ1v) is 8.38. The second kappa shape index (κ2) is 5.33. The summed E-state index contributed by atoms with van der Waals surface area (Å²) in [5.41, 5.74) is 4.92. The Morgan fingerprint density at radius 2 is 2.00 bits per heavy atom. The molecular formula is C19H17Cl2N. The van der Waals surface area contributed by atoms with E-state index in [1.165, 1.54) is 16.8 Å². The van der Waals surface area contributed by atoms with Gasteiger partial charge in [0.25, 0.3) is 0 Å². The molecule has 0 fully saturated rings. The van der Waals surface area contributed by atoms with Gasteiger partial charge in [-0.1, -0.05) is 53.6 Å². The summed E-state index contributed by atoms with van der Waals surface area (Å²) in [6.45, 7) is 2.09. The molecule has 0 saturated carbocycles. The van der Waals surface area contributed by atoms with Crippen LogP contribution in [0.1, 0.15) is 35.1 Å². The molecule has 3 heteroatoms. The number of hydrogen-bond donors (Lipinski definition) is 1. The monoisotopic (exact) mass is 329 g/mol. The fourth-order valence-corrected chi connectivity index (χ4v) is 4.18. The molecule has 1 aliphatic heterocycles. The van der Waals surface area contributed by atoms with Crippen LogP contribution in [0, 0.1) is 12.8 Å². The summed E-state index contributed by atoms with van der Waals surface area (Å²) in [5.74, 6) is 0.989. The molecule has 2 aromatic carbocycles. The Morgan fingerprint density at radius 1 is 1.14 bits per heavy atom. The molecule has 112 valence electrons. The van der Waals surface area contributed by atoms with E-state index in [2.05, 4.69) is 42.6 Å². The van der Waals surface area contributed by atoms with Gasteiger partial charge in [0.15, 0.2) is 0 Å². The minimum absolute atomic E-state index is 0.267. The zero-order valence-corrected chi connectivity index (χ0v) is 13.8. The average molecular weight is 330 g/mol. The summed E-state index contributed by atoms with van der Waals surface area (Å²) in [6, 6.07) is 12.6. The number of rotatable bonds is 1. The molecule has 0 aromatic heterocycles. The molecular weight excluding hydrogens is 313 g/mol. The van der Waals surface area contributed by atoms with Crippen LogP contribution in [0.15, 0.2) is 48.6 Å². The molecule has 0 unspecified atom stereocenters. The number of anilines is 1. The molecule has 22 heavy (non-hydrogen) atoms. The summed E-state index contributed by atoms with van der Waals surface area (Å²) < 4.78 is 0. The maximum absolute atomic E-state index is 6.33. The van der Waals surface area contributed by atoms with E-state index >= 15 is 0 Å². The van der Waals surface area contributed by atoms with Crippen LogP contribution in [-0.2, 0) is 0 Å². The Bertz CT molecular complexity index is 766. The molecule has 3 atom stereocenters. The van der Waals surface area contributed by atoms with Gasteiger partial charge in [-0.05, 0) is 54.2 Å². The van der Waals surface area contributed by atoms with Gasteiger partial charge < -0.3 is 5.32 Å². The zero-order valence-electron chi connectivity index (χ0n) is 12.3. The van der Waals surface area contributed by atoms with Crippen molar-refractivity contribution in [2.45, 2.75) is 25.3 Å². The van der Waals surface area contributed by atoms with Crippen molar-refractivity contribution in [3.8, 4) is 0 Å². The quantitative estimate of drug-likeness (QED) is 0.620. The molecule has 0 radical (unpaired) electrons. The number of allylic oxidation sites excluding steroid dienone is 2. The summed E-state index contributed by atoms with van der Waals surface area (Å²) in [5, 5.41) is 5.34. The summed E-state index contributed by atoms with van der Waals surface area (Å²) in [7, 11) is 0. The Balaban J connectivity index is 1.84. The van der Waals surface area contributed by atoms with Gasteiger partial charge in [0, 0.05) is 21.7 Å². The molecule has 0 amide bonds. The van der Waals surface area contributed by atoms with Gasteiger partial charge in [-0.15, -0.1) is 0 Å². The number of benzene rings is 2. The first kappa shape index (κ1) is 14.2. The summed E-state index contributed by atoms with van der Waals surface area (Å²) in [6.07, 6.45) is 5.73. The van der Waals surface area contributed by atoms with Crippen LogP contribution < -0.4 is 5.32 Å². The standard InChI is InChI=1S/C19H17Cl2N/c1-11-17(21)9-8-16-14-6-3-7-15(14)19(22-18(11)16)12-4-2-5-13(20)10-12/h2-6,8-10,14-15,19,22H,7H2,1H3/t14-,15+,19-/m1/s1. The van der Waals surface area contributed by atoms with E-state index in [1.807, 2.05) is 18.2 Å². The third-order valence-electron chi connectivity index (χ3n) is 4.94. The smallest absolute Gasteiger partial charge is 0.0554 e. The van der Waals surface area contributed by atoms with E-state index in [-0.39, 0.29) is 6.04 Å². The van der Waals surface area contributed by atoms with Crippen molar-refractivity contribution >= 4 is 28.9 Å². The van der Waals surface area contributed by atoms with Crippen molar-refractivity contribution in [1.29, 1.82) is 0 Å². The van der Waals surface area contributed by atoms with Crippen molar-refractivity contribution in [3.63, 3.8) is 0 Å². The fraction of sp³-hybridized carbons (Fsp3) is 0.263. The van der Waals surface area contributed by atoms with Crippen LogP contribution in [0.4, 0.5) is 5.69 Å². The number of nitrogens with one attached hydrogen (secondary N) is 1. The Kier molecular flexibility index (Phi) is 3.43. The van der Waals surface area contributed by atoms with Gasteiger partial charge in [-0.2, -0.15) is 0 Å². The zero-order chi connectivity index (χ0) is 15.3. The fourth-order valence-electron chi connectivity index (χ4n) is 3.82. The van der Waals surface area contributed by atoms with Gasteiger partial charge in [0.2, 0.25) is 0 Å². The van der Waals surface area contributed by atoms with Gasteiger partial charge in [0.1, 0.15) is 0 Å². The van der Waals surface area contributed by atoms with E-state index in [4.69, 9.17) is 23.2 Å². The normalized spacial score (nSPS) is 25.5. The first-order valence-electron chi connectivity index (χ1n) is 7.63. The highest BCUT2D eigenvalue weighted by atomic mass is 35.5. The van der Waals surface area contributed by atoms with E-state index in [0.29, 0.717) is 11.8 Å². The predicted molar refractivity (Wildman–Crippen MR) is 94.0 cm³/mol. The third-order valence-corrected chi connectivity index (χ3v) is 5.58. The lowest BCUT2D eigenvalue weighted by Crippen LogP contribution is -2.29. The highest BCUT2D eigenvalue weighted by Crippen LogP contribution is 2.51. The molecule has 1 nitrogen and oxygen atoms in total. The van der Waals surface area contributed by atoms with Gasteiger partial charge in [-0.25, -0.2) is 0 Å². The number of fused-ring (bicyclic) bond motifs is 3. The number of halogens is 2. The summed E-state index contributed by atoms with van der Waals surface area (Å²) >= 11 is 12.5. The molecule has 2 aliphatic rings. The van der Waals surface area contributed by atoms with Crippen molar-refractivity contribution in [2.75, 3.05) is 5.32 Å². The Hall–Kier alpha value is -1.44. The van der Waals surface area contributed by atoms with Gasteiger partial charge >= 0.3 is 0 Å². The minimum atomic E-state index is 0.267. The molecule has 4 rings (SSSR count). The van der Waals surface area contributed by atoms with Gasteiger partial charge in [0.05, 0.1) is 6.04 Å². The molecule has 0 spiro atoms. The van der Waals surface area contributed by atoms with Gasteiger partial charge in [-0.3, -0.25) is 0 Å². The lowest BCUT2D eigenvalue weighted by atomic mass is 9.76. The summed E-state index contributed by atoms with van der Waals surface area (Å²) in [4.78, 5) is 0. The minimum Gasteiger partial charge on any atom is -0.377 e. The second-order valence-corrected chi connectivity index (χ2v) is 7.01. The van der Waals surface area contributed by atoms with Crippen LogP contribution >= 0.6 is 23.2 Å². The van der Waals surface area contributed by atoms with Crippen LogP contribution in [-0.4, -0.2) is 0 Å². The molecule has 1 N–H and O–H groups in total. The SMILES string of the molecule is Cc1c(Cl)ccc2c1N[C@H](c1cccc(Cl)c1)[C@H]1CC=C[C@@H]21. The lowest BCUT2D eigenvalue weighted by Gasteiger charge is -2.38. The molecule has 0 bridgehead atoms. The predicted octanol–water partition coefficient (Wildman–Crippen LogP) is 6.13. The van der Waals surface area contributed by atoms with E-state index < -0.39 is 0 Å². The highest BCUT2D eigenvalue weighted by Gasteiger charge is 2.38. The van der Waals surface area contributed by atoms with E-state index in [9.17, 15) is 0 Å². The molecule has 0 saturated heterocycles. The molecule has 2 aromatic rings. The maximum atomic E-state index is 6.33. The highest BCUT2D eigenvalue weighted by molar-refractivity contribution is 6.31. The maximum Gasteiger partial charge on any atom is 0.0554 e. The van der Waals surface area contributed by atoms with Crippen LogP contribution in [0.25, 0.3) is 0 Å². The first-order chi connectivity index (χ1) is 10.6. The average Bonchev–Trinajstić information content (AvgIpc) is 3.00. The van der Waals surface area contributed by atoms with Crippen molar-refractivity contribution in [2.24, 2.45) is 5.92 Å². The van der Waals surface area contributed by atoms with Crippen LogP contribution in [0.5, 0.6) is 0 Å². The Morgan fingerprint density at radius 3 is 2.82 bits per heavy atom. The van der Waals surface area contributed by atoms with Crippen LogP contribution in [0.2, 0.25) is 10.0 Å². The molecule has 1 aliphatic carbocycles. The van der Waals surface area contributed by atoms with Crippen molar-refractivity contribution in [1.82, 2.24) is 0 Å². The van der Waals surface area contributed by atoms with Crippen molar-refractivity contribution in [3.05, 3.63) is 75.3 Å². The third kappa shape index (κ3) is 2.15. The van der Waals surface area contributed by atoms with Crippen LogP contribution in [0.3, 0.4) is 0 Å². The lowest BCUT2D eigenvalue weighted by molar-refractivity contribution is 0.425. The van der Waals surface area contributed by atoms with Crippen molar-refractivity contribution < 1.29 is 0 Å².